The molecular weight excluding hydrogens is 226 g/mol. The molecule has 0 radical (unpaired) electrons. The van der Waals surface area contributed by atoms with Gasteiger partial charge in [-0.1, -0.05) is 6.07 Å². The number of thiophene rings is 2. The normalized spacial score (nSPS) is 10.9. The van der Waals surface area contributed by atoms with Crippen molar-refractivity contribution >= 4 is 38.7 Å². The van der Waals surface area contributed by atoms with Crippen LogP contribution in [0.1, 0.15) is 0 Å². The molecule has 0 aliphatic rings. The summed E-state index contributed by atoms with van der Waals surface area (Å²) >= 11 is 3.21. The minimum atomic E-state index is 0.560. The molecule has 3 rings (SSSR count). The summed E-state index contributed by atoms with van der Waals surface area (Å²) in [5.41, 5.74) is 5.87. The number of aromatic nitrogens is 2. The Labute approximate surface area is 94.2 Å². The number of rotatable bonds is 1. The highest BCUT2D eigenvalue weighted by molar-refractivity contribution is 7.17. The fraction of sp³-hybridized carbons (Fsp3) is 0. The van der Waals surface area contributed by atoms with Gasteiger partial charge in [0.05, 0.1) is 10.3 Å². The first-order chi connectivity index (χ1) is 7.34. The molecular formula is C10H7N3S2. The molecule has 0 aliphatic carbocycles. The molecule has 3 aromatic rings. The van der Waals surface area contributed by atoms with Crippen LogP contribution in [0.4, 0.5) is 5.82 Å². The number of nitrogens with two attached hydrogens (primary N) is 1. The molecule has 0 unspecified atom stereocenters. The van der Waals surface area contributed by atoms with Gasteiger partial charge in [0.25, 0.3) is 0 Å². The Bertz CT molecular complexity index is 598. The highest BCUT2D eigenvalue weighted by atomic mass is 32.1. The Morgan fingerprint density at radius 1 is 1.07 bits per heavy atom. The first-order valence-corrected chi connectivity index (χ1v) is 6.15. The van der Waals surface area contributed by atoms with E-state index in [1.165, 1.54) is 0 Å². The van der Waals surface area contributed by atoms with Crippen molar-refractivity contribution in [2.75, 3.05) is 5.73 Å². The van der Waals surface area contributed by atoms with Crippen LogP contribution in [0.3, 0.4) is 0 Å². The smallest absolute Gasteiger partial charge is 0.173 e. The zero-order valence-corrected chi connectivity index (χ0v) is 9.31. The quantitative estimate of drug-likeness (QED) is 0.703. The molecule has 0 saturated heterocycles. The predicted octanol–water partition coefficient (Wildman–Crippen LogP) is 3.00. The second-order valence-corrected chi connectivity index (χ2v) is 4.89. The van der Waals surface area contributed by atoms with Gasteiger partial charge in [0, 0.05) is 0 Å². The van der Waals surface area contributed by atoms with E-state index in [-0.39, 0.29) is 0 Å². The van der Waals surface area contributed by atoms with E-state index >= 15 is 0 Å². The van der Waals surface area contributed by atoms with Crippen molar-refractivity contribution in [3.8, 4) is 10.7 Å². The van der Waals surface area contributed by atoms with Crippen LogP contribution < -0.4 is 5.73 Å². The number of nitrogen functional groups attached to an aromatic ring is 1. The lowest BCUT2D eigenvalue weighted by Crippen LogP contribution is -1.94. The summed E-state index contributed by atoms with van der Waals surface area (Å²) in [7, 11) is 0. The second-order valence-electron chi connectivity index (χ2n) is 3.05. The molecule has 0 atom stereocenters. The first kappa shape index (κ1) is 8.82. The Hall–Kier alpha value is -1.46. The predicted molar refractivity (Wildman–Crippen MR) is 65.1 cm³/mol. The average molecular weight is 233 g/mol. The van der Waals surface area contributed by atoms with Crippen molar-refractivity contribution < 1.29 is 0 Å². The highest BCUT2D eigenvalue weighted by Crippen LogP contribution is 2.28. The van der Waals surface area contributed by atoms with Crippen LogP contribution in [0.2, 0.25) is 0 Å². The van der Waals surface area contributed by atoms with Gasteiger partial charge in [-0.05, 0) is 22.9 Å². The molecule has 0 aliphatic heterocycles. The summed E-state index contributed by atoms with van der Waals surface area (Å²) in [6, 6.07) is 5.94. The van der Waals surface area contributed by atoms with Crippen LogP contribution in [-0.2, 0) is 0 Å². The van der Waals surface area contributed by atoms with Gasteiger partial charge in [-0.2, -0.15) is 0 Å². The Morgan fingerprint density at radius 3 is 2.80 bits per heavy atom. The van der Waals surface area contributed by atoms with Gasteiger partial charge in [-0.15, -0.1) is 22.7 Å². The summed E-state index contributed by atoms with van der Waals surface area (Å²) in [5, 5.41) is 4.93. The van der Waals surface area contributed by atoms with Crippen molar-refractivity contribution in [2.45, 2.75) is 0 Å². The van der Waals surface area contributed by atoms with E-state index in [9.17, 15) is 0 Å². The molecule has 3 nitrogen and oxygen atoms in total. The molecule has 0 aromatic carbocycles. The molecule has 0 saturated carbocycles. The second kappa shape index (κ2) is 3.29. The molecule has 0 fully saturated rings. The molecule has 0 bridgehead atoms. The van der Waals surface area contributed by atoms with Crippen LogP contribution >= 0.6 is 22.7 Å². The van der Waals surface area contributed by atoms with E-state index < -0.39 is 0 Å². The number of anilines is 1. The Balaban J connectivity index is 2.29. The van der Waals surface area contributed by atoms with Gasteiger partial charge in [0.2, 0.25) is 0 Å². The molecule has 3 heterocycles. The lowest BCUT2D eigenvalue weighted by Gasteiger charge is -1.99. The third-order valence-electron chi connectivity index (χ3n) is 2.10. The number of fused-ring (bicyclic) bond motifs is 1. The minimum absolute atomic E-state index is 0.560. The fourth-order valence-corrected chi connectivity index (χ4v) is 2.82. The molecule has 5 heteroatoms. The number of nitrogens with zero attached hydrogens (tertiary/aromatic N) is 2. The van der Waals surface area contributed by atoms with E-state index in [0.29, 0.717) is 5.82 Å². The summed E-state index contributed by atoms with van der Waals surface area (Å²) in [5.74, 6) is 1.28. The van der Waals surface area contributed by atoms with E-state index in [4.69, 9.17) is 5.73 Å². The van der Waals surface area contributed by atoms with Gasteiger partial charge in [0.15, 0.2) is 5.82 Å². The van der Waals surface area contributed by atoms with E-state index in [0.717, 1.165) is 20.9 Å². The highest BCUT2D eigenvalue weighted by Gasteiger charge is 2.08. The molecule has 0 spiro atoms. The fourth-order valence-electron chi connectivity index (χ4n) is 1.39. The first-order valence-electron chi connectivity index (χ1n) is 4.39. The molecule has 15 heavy (non-hydrogen) atoms. The van der Waals surface area contributed by atoms with Crippen molar-refractivity contribution in [3.63, 3.8) is 0 Å². The summed E-state index contributed by atoms with van der Waals surface area (Å²) < 4.78 is 0. The van der Waals surface area contributed by atoms with Gasteiger partial charge in [-0.25, -0.2) is 9.97 Å². The maximum Gasteiger partial charge on any atom is 0.173 e. The van der Waals surface area contributed by atoms with Gasteiger partial charge >= 0.3 is 0 Å². The standard InChI is InChI=1S/C10H7N3S2/c11-8-6-3-5-15-10(6)13-9(12-8)7-2-1-4-14-7/h1-5H,(H2,11,12,13). The largest absolute Gasteiger partial charge is 0.383 e. The van der Waals surface area contributed by atoms with E-state index in [1.54, 1.807) is 22.7 Å². The van der Waals surface area contributed by atoms with Crippen LogP contribution in [-0.4, -0.2) is 9.97 Å². The molecule has 2 N–H and O–H groups in total. The topological polar surface area (TPSA) is 51.8 Å². The van der Waals surface area contributed by atoms with Crippen LogP contribution in [0.5, 0.6) is 0 Å². The third-order valence-corrected chi connectivity index (χ3v) is 3.77. The summed E-state index contributed by atoms with van der Waals surface area (Å²) in [4.78, 5) is 10.8. The van der Waals surface area contributed by atoms with Gasteiger partial charge < -0.3 is 5.73 Å². The van der Waals surface area contributed by atoms with Gasteiger partial charge in [-0.3, -0.25) is 0 Å². The molecule has 3 aromatic heterocycles. The van der Waals surface area contributed by atoms with Crippen LogP contribution in [0.25, 0.3) is 20.9 Å². The third kappa shape index (κ3) is 1.40. The lowest BCUT2D eigenvalue weighted by atomic mass is 10.3. The summed E-state index contributed by atoms with van der Waals surface area (Å²) in [6.45, 7) is 0. The SMILES string of the molecule is Nc1nc(-c2cccs2)nc2sccc12. The van der Waals surface area contributed by atoms with Crippen molar-refractivity contribution in [1.29, 1.82) is 0 Å². The Morgan fingerprint density at radius 2 is 2.00 bits per heavy atom. The zero-order chi connectivity index (χ0) is 10.3. The molecule has 74 valence electrons. The van der Waals surface area contributed by atoms with Crippen molar-refractivity contribution in [3.05, 3.63) is 29.0 Å². The maximum atomic E-state index is 5.87. The monoisotopic (exact) mass is 233 g/mol. The lowest BCUT2D eigenvalue weighted by molar-refractivity contribution is 1.26. The maximum absolute atomic E-state index is 5.87. The minimum Gasteiger partial charge on any atom is -0.383 e. The average Bonchev–Trinajstić information content (AvgIpc) is 2.88. The van der Waals surface area contributed by atoms with Crippen LogP contribution in [0.15, 0.2) is 29.0 Å². The Kier molecular flexibility index (Phi) is 1.93. The number of hydrogen-bond donors (Lipinski definition) is 1. The molecule has 0 amide bonds. The van der Waals surface area contributed by atoms with Crippen LogP contribution in [0, 0.1) is 0 Å². The van der Waals surface area contributed by atoms with E-state index in [1.807, 2.05) is 29.0 Å². The van der Waals surface area contributed by atoms with Gasteiger partial charge in [0.1, 0.15) is 10.6 Å². The van der Waals surface area contributed by atoms with Crippen molar-refractivity contribution in [2.24, 2.45) is 0 Å². The summed E-state index contributed by atoms with van der Waals surface area (Å²) in [6.07, 6.45) is 0. The van der Waals surface area contributed by atoms with Crippen molar-refractivity contribution in [1.82, 2.24) is 9.97 Å². The number of hydrogen-bond acceptors (Lipinski definition) is 5. The zero-order valence-electron chi connectivity index (χ0n) is 7.68. The van der Waals surface area contributed by atoms with E-state index in [2.05, 4.69) is 9.97 Å².